The first kappa shape index (κ1) is 82.3. The largest absolute Gasteiger partial charge is 0.480 e. The van der Waals surface area contributed by atoms with E-state index in [0.29, 0.717) is 49.7 Å². The summed E-state index contributed by atoms with van der Waals surface area (Å²) in [5.74, 6) is -6.20. The number of amides is 3. The van der Waals surface area contributed by atoms with Gasteiger partial charge in [0.05, 0.1) is 62.0 Å². The first-order chi connectivity index (χ1) is 42.4. The van der Waals surface area contributed by atoms with Crippen LogP contribution in [0.15, 0.2) is 143 Å². The highest BCUT2D eigenvalue weighted by molar-refractivity contribution is 7.59. The predicted molar refractivity (Wildman–Crippen MR) is 382 cm³/mol. The molecule has 0 fully saturated rings. The molecule has 8 N–H and O–H groups in total. The minimum absolute atomic E-state index is 0. The molecular formula is C66H74Cl4F2N6O11S4. The molecule has 3 amide bonds. The number of hydrogen-bond donors (Lipinski definition) is 7. The highest BCUT2D eigenvalue weighted by atomic mass is 35.5. The average molecular weight is 1440 g/mol. The summed E-state index contributed by atoms with van der Waals surface area (Å²) in [6.45, 7) is 3.43. The van der Waals surface area contributed by atoms with Gasteiger partial charge in [0, 0.05) is 42.7 Å². The van der Waals surface area contributed by atoms with E-state index >= 15 is 0 Å². The lowest BCUT2D eigenvalue weighted by Gasteiger charge is -2.18. The van der Waals surface area contributed by atoms with Crippen LogP contribution in [0.2, 0.25) is 20.1 Å². The summed E-state index contributed by atoms with van der Waals surface area (Å²) < 4.78 is 26.2. The Balaban J connectivity index is 0.000000515. The highest BCUT2D eigenvalue weighted by Crippen LogP contribution is 2.34. The number of nitrogens with one attached hydrogen (secondary N) is 3. The zero-order chi connectivity index (χ0) is 64.9. The minimum atomic E-state index is -1.40. The van der Waals surface area contributed by atoms with Crippen molar-refractivity contribution in [2.24, 2.45) is 15.7 Å². The molecule has 0 radical (unpaired) electrons. The number of Topliss-reactive ketones (excluding diaryl/α,β-unsaturated/α-hetero) is 2. The number of carbonyl (C=O) groups excluding carboxylic acids is 5. The molecule has 6 aromatic carbocycles. The lowest BCUT2D eigenvalue weighted by atomic mass is 9.99. The normalized spacial score (nSPS) is 15.0. The third-order valence-electron chi connectivity index (χ3n) is 14.4. The van der Waals surface area contributed by atoms with Crippen LogP contribution in [0.1, 0.15) is 118 Å². The van der Waals surface area contributed by atoms with Crippen molar-refractivity contribution in [3.05, 3.63) is 187 Å². The summed E-state index contributed by atoms with van der Waals surface area (Å²) in [5, 5.41) is 35.6. The van der Waals surface area contributed by atoms with Crippen LogP contribution < -0.4 is 21.7 Å². The van der Waals surface area contributed by atoms with Crippen molar-refractivity contribution in [1.82, 2.24) is 16.0 Å². The van der Waals surface area contributed by atoms with Gasteiger partial charge in [-0.25, -0.2) is 23.2 Å². The van der Waals surface area contributed by atoms with Gasteiger partial charge in [-0.15, -0.1) is 0 Å². The van der Waals surface area contributed by atoms with Crippen molar-refractivity contribution in [2.45, 2.75) is 115 Å². The second-order valence-corrected chi connectivity index (χ2v) is 22.9. The van der Waals surface area contributed by atoms with Gasteiger partial charge in [-0.2, -0.15) is 54.0 Å². The van der Waals surface area contributed by atoms with Crippen LogP contribution in [0.5, 0.6) is 0 Å². The topological polar surface area (TPSA) is 284 Å². The van der Waals surface area contributed by atoms with Crippen LogP contribution in [-0.4, -0.2) is 124 Å². The zero-order valence-electron chi connectivity index (χ0n) is 50.5. The van der Waals surface area contributed by atoms with Crippen LogP contribution in [0, 0.1) is 0 Å². The van der Waals surface area contributed by atoms with Gasteiger partial charge in [0.25, 0.3) is 17.7 Å². The molecule has 2 aliphatic heterocycles. The fraction of sp³-hybridized carbons (Fsp3) is 0.303. The number of ketones is 2. The SMILES string of the molecule is C[C@H](N)C(=O)CC[C@H](NC(=O)c1c(Cl)cc(-c2ccccc2)cc1Cl)C(=O)O.C[C@H](NC(=O)c1cccc(CC2=NCC(F)CC2)c1)C(=O)CC[C@H](NC(=O)c1c(Cl)cc(-c2ccccc2)cc1Cl)C(=O)O.O=C(O)c1cccc(CC2=NCC(F)CC2)c1.S.S.S.S. The van der Waals surface area contributed by atoms with Crippen LogP contribution in [0.4, 0.5) is 8.78 Å². The number of aliphatic imine (C=N–C) groups is 2. The second-order valence-electron chi connectivity index (χ2n) is 21.2. The molecule has 0 saturated heterocycles. The number of benzene rings is 6. The molecule has 0 saturated carbocycles. The maximum absolute atomic E-state index is 13.4. The number of aromatic carboxylic acids is 1. The van der Waals surface area contributed by atoms with Gasteiger partial charge >= 0.3 is 17.9 Å². The molecule has 17 nitrogen and oxygen atoms in total. The fourth-order valence-electron chi connectivity index (χ4n) is 9.37. The van der Waals surface area contributed by atoms with Gasteiger partial charge in [-0.3, -0.25) is 34.0 Å². The maximum Gasteiger partial charge on any atom is 0.335 e. The monoisotopic (exact) mass is 1430 g/mol. The number of nitrogens with zero attached hydrogens (tertiary/aromatic N) is 2. The molecule has 27 heteroatoms. The van der Waals surface area contributed by atoms with Gasteiger partial charge in [0.1, 0.15) is 30.2 Å². The van der Waals surface area contributed by atoms with E-state index < -0.39 is 77.9 Å². The number of carboxylic acid groups (broad SMARTS) is 3. The standard InChI is InChI=1S/C33H32Cl2FN3O5.C20H20Cl2N2O4.C13H14FNO2.4H2S/c1-19(38-31(41)22-9-5-6-20(14-22)15-25-11-10-24(36)18-37-25)29(40)13-12-28(33(43)44)39-32(42)30-26(34)16-23(17-27(30)35)21-7-3-2-4-8-21;1-11(23)17(25)8-7-16(20(27)28)24-19(26)18-14(21)9-13(10-15(18)22)12-5-3-2-4-6-12;14-11-4-5-12(15-8-11)7-9-2-1-3-10(6-9)13(16)17;;;;/h2-9,14,16-17,19,24,28H,10-13,15,18H2,1H3,(H,38,41)(H,39,42)(H,43,44);2-6,9-11,16H,7-8,23H2,1H3,(H,24,26)(H,27,28);1-3,6,11H,4-5,7-8H2,(H,16,17);4*1H2/t19-,24?,28-;11-,16-;;;;;/m00...../s1. The first-order valence-electron chi connectivity index (χ1n) is 28.4. The Morgan fingerprint density at radius 1 is 0.505 bits per heavy atom. The van der Waals surface area contributed by atoms with E-state index in [1.807, 2.05) is 72.8 Å². The highest BCUT2D eigenvalue weighted by Gasteiger charge is 2.28. The molecule has 0 bridgehead atoms. The predicted octanol–water partition coefficient (Wildman–Crippen LogP) is 12.6. The number of alkyl halides is 2. The number of carbonyl (C=O) groups is 8. The van der Waals surface area contributed by atoms with Crippen molar-refractivity contribution in [3.8, 4) is 22.3 Å². The lowest BCUT2D eigenvalue weighted by molar-refractivity contribution is -0.140. The van der Waals surface area contributed by atoms with E-state index in [2.05, 4.69) is 25.9 Å². The molecule has 2 heterocycles. The summed E-state index contributed by atoms with van der Waals surface area (Å²) in [5.41, 5.74) is 12.7. The van der Waals surface area contributed by atoms with E-state index in [9.17, 15) is 57.4 Å². The van der Waals surface area contributed by atoms with Crippen LogP contribution >= 0.6 is 100 Å². The lowest BCUT2D eigenvalue weighted by Crippen LogP contribution is -2.43. The molecule has 500 valence electrons. The van der Waals surface area contributed by atoms with Gasteiger partial charge in [0.15, 0.2) is 5.78 Å². The second kappa shape index (κ2) is 40.5. The van der Waals surface area contributed by atoms with E-state index in [-0.39, 0.29) is 135 Å². The van der Waals surface area contributed by atoms with Gasteiger partial charge < -0.3 is 37.0 Å². The molecular weight excluding hydrogens is 1360 g/mol. The molecule has 6 aromatic rings. The maximum atomic E-state index is 13.4. The minimum Gasteiger partial charge on any atom is -0.480 e. The molecule has 2 unspecified atom stereocenters. The summed E-state index contributed by atoms with van der Waals surface area (Å²) in [6, 6.07) is 34.4. The third kappa shape index (κ3) is 25.8. The number of halogens is 6. The Hall–Kier alpha value is -6.80. The average Bonchev–Trinajstić information content (AvgIpc) is 1.16. The Labute approximate surface area is 585 Å². The molecule has 0 aromatic heterocycles. The summed E-state index contributed by atoms with van der Waals surface area (Å²) in [4.78, 5) is 105. The van der Waals surface area contributed by atoms with E-state index in [1.165, 1.54) is 13.8 Å². The molecule has 2 aliphatic rings. The Morgan fingerprint density at radius 3 is 1.24 bits per heavy atom. The van der Waals surface area contributed by atoms with Crippen molar-refractivity contribution >= 4 is 159 Å². The summed E-state index contributed by atoms with van der Waals surface area (Å²) >= 11 is 25.2. The third-order valence-corrected chi connectivity index (χ3v) is 15.5. The zero-order valence-corrected chi connectivity index (χ0v) is 57.5. The molecule has 8 rings (SSSR count). The number of carboxylic acids is 3. The van der Waals surface area contributed by atoms with Crippen molar-refractivity contribution < 1.29 is 62.5 Å². The molecule has 0 spiro atoms. The van der Waals surface area contributed by atoms with E-state index in [0.717, 1.165) is 39.2 Å². The van der Waals surface area contributed by atoms with Crippen molar-refractivity contribution in [1.29, 1.82) is 0 Å². The van der Waals surface area contributed by atoms with Crippen molar-refractivity contribution in [3.63, 3.8) is 0 Å². The molecule has 0 aliphatic carbocycles. The Bertz CT molecular complexity index is 3590. The number of aliphatic carboxylic acids is 2. The van der Waals surface area contributed by atoms with E-state index in [1.54, 1.807) is 60.7 Å². The molecule has 93 heavy (non-hydrogen) atoms. The van der Waals surface area contributed by atoms with E-state index in [4.69, 9.17) is 57.2 Å². The van der Waals surface area contributed by atoms with Crippen molar-refractivity contribution in [2.75, 3.05) is 13.1 Å². The number of rotatable bonds is 23. The van der Waals surface area contributed by atoms with Crippen LogP contribution in [0.25, 0.3) is 22.3 Å². The smallest absolute Gasteiger partial charge is 0.335 e. The first-order valence-corrected chi connectivity index (χ1v) is 29.9. The van der Waals surface area contributed by atoms with Gasteiger partial charge in [-0.1, -0.05) is 131 Å². The fourth-order valence-corrected chi connectivity index (χ4v) is 10.7. The number of hydrogen-bond acceptors (Lipinski definition) is 11. The molecule has 6 atom stereocenters. The summed E-state index contributed by atoms with van der Waals surface area (Å²) in [6.07, 6.45) is 1.02. The Morgan fingerprint density at radius 2 is 0.882 bits per heavy atom. The Kier molecular flexibility index (Phi) is 35.8. The van der Waals surface area contributed by atoms with Crippen LogP contribution in [0.3, 0.4) is 0 Å². The van der Waals surface area contributed by atoms with Crippen LogP contribution in [-0.2, 0) is 32.0 Å². The van der Waals surface area contributed by atoms with Gasteiger partial charge in [-0.05, 0) is 134 Å². The van der Waals surface area contributed by atoms with Gasteiger partial charge in [0.2, 0.25) is 0 Å². The number of nitrogens with two attached hydrogens (primary N) is 1. The quantitative estimate of drug-likeness (QED) is 0.0315. The summed E-state index contributed by atoms with van der Waals surface area (Å²) in [7, 11) is 0.